The lowest BCUT2D eigenvalue weighted by Gasteiger charge is -2.44. The summed E-state index contributed by atoms with van der Waals surface area (Å²) in [6, 6.07) is 0.828. The van der Waals surface area contributed by atoms with Crippen LogP contribution in [-0.2, 0) is 0 Å². The minimum atomic E-state index is 0.339. The molecule has 0 radical (unpaired) electrons. The molecule has 0 amide bonds. The van der Waals surface area contributed by atoms with Gasteiger partial charge in [-0.2, -0.15) is 0 Å². The van der Waals surface area contributed by atoms with Crippen molar-refractivity contribution in [2.24, 2.45) is 0 Å². The Kier molecular flexibility index (Phi) is 4.45. The molecule has 2 heterocycles. The zero-order valence-electron chi connectivity index (χ0n) is 11.8. The fraction of sp³-hybridized carbons (Fsp3) is 1.00. The van der Waals surface area contributed by atoms with Crippen molar-refractivity contribution in [2.45, 2.75) is 51.1 Å². The van der Waals surface area contributed by atoms with E-state index in [9.17, 15) is 0 Å². The lowest BCUT2D eigenvalue weighted by Crippen LogP contribution is -2.58. The molecule has 1 atom stereocenters. The van der Waals surface area contributed by atoms with Gasteiger partial charge in [0, 0.05) is 37.8 Å². The molecule has 0 aliphatic carbocycles. The number of hydrogen-bond donors (Lipinski definition) is 1. The zero-order valence-corrected chi connectivity index (χ0v) is 11.8. The predicted octanol–water partition coefficient (Wildman–Crippen LogP) is 1.54. The van der Waals surface area contributed by atoms with Crippen molar-refractivity contribution in [3.05, 3.63) is 0 Å². The molecule has 3 nitrogen and oxygen atoms in total. The Morgan fingerprint density at radius 3 is 2.76 bits per heavy atom. The van der Waals surface area contributed by atoms with Crippen molar-refractivity contribution in [1.29, 1.82) is 0 Å². The van der Waals surface area contributed by atoms with Gasteiger partial charge in [-0.25, -0.2) is 0 Å². The Hall–Kier alpha value is -0.120. The van der Waals surface area contributed by atoms with E-state index in [2.05, 4.69) is 36.0 Å². The van der Waals surface area contributed by atoms with Gasteiger partial charge in [0.05, 0.1) is 0 Å². The van der Waals surface area contributed by atoms with Gasteiger partial charge in [-0.3, -0.25) is 4.90 Å². The third kappa shape index (κ3) is 3.43. The molecule has 1 unspecified atom stereocenters. The Morgan fingerprint density at radius 1 is 1.24 bits per heavy atom. The summed E-state index contributed by atoms with van der Waals surface area (Å²) in [7, 11) is 2.30. The van der Waals surface area contributed by atoms with Crippen LogP contribution in [0.15, 0.2) is 0 Å². The number of piperidine rings is 1. The van der Waals surface area contributed by atoms with Gasteiger partial charge in [-0.1, -0.05) is 6.42 Å². The van der Waals surface area contributed by atoms with Gasteiger partial charge in [-0.05, 0) is 46.7 Å². The molecule has 0 spiro atoms. The minimum Gasteiger partial charge on any atom is -0.314 e. The van der Waals surface area contributed by atoms with Gasteiger partial charge in [0.1, 0.15) is 0 Å². The molecule has 0 aromatic heterocycles. The number of piperazine rings is 1. The molecule has 17 heavy (non-hydrogen) atoms. The topological polar surface area (TPSA) is 18.5 Å². The second-order valence-electron chi connectivity index (χ2n) is 6.40. The zero-order chi connectivity index (χ0) is 12.3. The number of nitrogens with one attached hydrogen (secondary N) is 1. The summed E-state index contributed by atoms with van der Waals surface area (Å²) in [6.45, 7) is 10.8. The van der Waals surface area contributed by atoms with Gasteiger partial charge in [0.25, 0.3) is 0 Å². The highest BCUT2D eigenvalue weighted by Crippen LogP contribution is 2.21. The first-order valence-corrected chi connectivity index (χ1v) is 7.25. The fourth-order valence-electron chi connectivity index (χ4n) is 3.25. The molecule has 0 saturated carbocycles. The molecule has 2 saturated heterocycles. The Labute approximate surface area is 107 Å². The third-order valence-electron chi connectivity index (χ3n) is 4.63. The molecule has 1 N–H and O–H groups in total. The smallest absolute Gasteiger partial charge is 0.0278 e. The molecule has 2 aliphatic rings. The number of likely N-dealkylation sites (tertiary alicyclic amines) is 1. The summed E-state index contributed by atoms with van der Waals surface area (Å²) < 4.78 is 0. The highest BCUT2D eigenvalue weighted by molar-refractivity contribution is 4.89. The normalized spacial score (nSPS) is 31.6. The van der Waals surface area contributed by atoms with E-state index >= 15 is 0 Å². The molecule has 2 fully saturated rings. The van der Waals surface area contributed by atoms with Crippen molar-refractivity contribution in [1.82, 2.24) is 15.1 Å². The maximum atomic E-state index is 3.50. The first-order chi connectivity index (χ1) is 8.09. The Balaban J connectivity index is 1.80. The van der Waals surface area contributed by atoms with Crippen molar-refractivity contribution in [3.63, 3.8) is 0 Å². The fourth-order valence-corrected chi connectivity index (χ4v) is 3.25. The molecular formula is C14H29N3. The average Bonchev–Trinajstić information content (AvgIpc) is 2.29. The first-order valence-electron chi connectivity index (χ1n) is 7.25. The summed E-state index contributed by atoms with van der Waals surface area (Å²) in [5, 5.41) is 3.50. The van der Waals surface area contributed by atoms with E-state index in [0.717, 1.165) is 19.1 Å². The number of hydrogen-bond acceptors (Lipinski definition) is 3. The minimum absolute atomic E-state index is 0.339. The van der Waals surface area contributed by atoms with Crippen LogP contribution in [0.3, 0.4) is 0 Å². The Bertz CT molecular complexity index is 240. The summed E-state index contributed by atoms with van der Waals surface area (Å²) in [4.78, 5) is 5.24. The second kappa shape index (κ2) is 5.68. The van der Waals surface area contributed by atoms with Crippen molar-refractivity contribution >= 4 is 0 Å². The summed E-state index contributed by atoms with van der Waals surface area (Å²) >= 11 is 0. The largest absolute Gasteiger partial charge is 0.314 e. The standard InChI is InChI=1S/C14H29N3/c1-14(2)12-15-8-11-17(14)10-7-13-6-4-5-9-16(13)3/h13,15H,4-12H2,1-3H3. The molecule has 0 bridgehead atoms. The van der Waals surface area contributed by atoms with E-state index < -0.39 is 0 Å². The lowest BCUT2D eigenvalue weighted by atomic mass is 9.96. The van der Waals surface area contributed by atoms with Crippen LogP contribution in [0.4, 0.5) is 0 Å². The first kappa shape index (κ1) is 13.3. The summed E-state index contributed by atoms with van der Waals surface area (Å²) in [5.74, 6) is 0. The van der Waals surface area contributed by atoms with Crippen molar-refractivity contribution in [2.75, 3.05) is 39.8 Å². The molecule has 3 heteroatoms. The van der Waals surface area contributed by atoms with Gasteiger partial charge in [0.2, 0.25) is 0 Å². The highest BCUT2D eigenvalue weighted by Gasteiger charge is 2.30. The van der Waals surface area contributed by atoms with Gasteiger partial charge in [0.15, 0.2) is 0 Å². The quantitative estimate of drug-likeness (QED) is 0.806. The van der Waals surface area contributed by atoms with Crippen molar-refractivity contribution < 1.29 is 0 Å². The molecular weight excluding hydrogens is 210 g/mol. The molecule has 2 aliphatic heterocycles. The van der Waals surface area contributed by atoms with E-state index in [1.54, 1.807) is 0 Å². The van der Waals surface area contributed by atoms with Crippen LogP contribution >= 0.6 is 0 Å². The van der Waals surface area contributed by atoms with Gasteiger partial charge in [-0.15, -0.1) is 0 Å². The molecule has 0 aromatic rings. The second-order valence-corrected chi connectivity index (χ2v) is 6.40. The van der Waals surface area contributed by atoms with E-state index in [1.165, 1.54) is 45.3 Å². The predicted molar refractivity (Wildman–Crippen MR) is 73.4 cm³/mol. The lowest BCUT2D eigenvalue weighted by molar-refractivity contribution is 0.0720. The van der Waals surface area contributed by atoms with E-state index in [-0.39, 0.29) is 0 Å². The van der Waals surface area contributed by atoms with Crippen LogP contribution in [0, 0.1) is 0 Å². The van der Waals surface area contributed by atoms with Crippen LogP contribution in [0.25, 0.3) is 0 Å². The summed E-state index contributed by atoms with van der Waals surface area (Å²) in [6.07, 6.45) is 5.58. The highest BCUT2D eigenvalue weighted by atomic mass is 15.3. The van der Waals surface area contributed by atoms with Crippen LogP contribution in [-0.4, -0.2) is 61.2 Å². The van der Waals surface area contributed by atoms with E-state index in [0.29, 0.717) is 5.54 Å². The third-order valence-corrected chi connectivity index (χ3v) is 4.63. The Morgan fingerprint density at radius 2 is 2.06 bits per heavy atom. The maximum absolute atomic E-state index is 3.50. The van der Waals surface area contributed by atoms with Gasteiger partial charge >= 0.3 is 0 Å². The van der Waals surface area contributed by atoms with Crippen LogP contribution < -0.4 is 5.32 Å². The maximum Gasteiger partial charge on any atom is 0.0278 e. The van der Waals surface area contributed by atoms with E-state index in [1.807, 2.05) is 0 Å². The van der Waals surface area contributed by atoms with Gasteiger partial charge < -0.3 is 10.2 Å². The summed E-state index contributed by atoms with van der Waals surface area (Å²) in [5.41, 5.74) is 0.339. The molecule has 100 valence electrons. The monoisotopic (exact) mass is 239 g/mol. The van der Waals surface area contributed by atoms with Crippen LogP contribution in [0.5, 0.6) is 0 Å². The van der Waals surface area contributed by atoms with E-state index in [4.69, 9.17) is 0 Å². The average molecular weight is 239 g/mol. The van der Waals surface area contributed by atoms with Crippen LogP contribution in [0.2, 0.25) is 0 Å². The van der Waals surface area contributed by atoms with Crippen LogP contribution in [0.1, 0.15) is 39.5 Å². The number of nitrogens with zero attached hydrogens (tertiary/aromatic N) is 2. The molecule has 0 aromatic carbocycles. The van der Waals surface area contributed by atoms with Crippen molar-refractivity contribution in [3.8, 4) is 0 Å². The number of rotatable bonds is 3. The SMILES string of the molecule is CN1CCCCC1CCN1CCNCC1(C)C. The molecule has 2 rings (SSSR count).